The van der Waals surface area contributed by atoms with Gasteiger partial charge in [-0.2, -0.15) is 10.2 Å². The van der Waals surface area contributed by atoms with E-state index in [2.05, 4.69) is 40.9 Å². The van der Waals surface area contributed by atoms with Gasteiger partial charge in [-0.05, 0) is 63.1 Å². The van der Waals surface area contributed by atoms with Crippen LogP contribution in [0.4, 0.5) is 11.6 Å². The van der Waals surface area contributed by atoms with Crippen molar-refractivity contribution >= 4 is 17.5 Å². The van der Waals surface area contributed by atoms with E-state index in [-0.39, 0.29) is 11.9 Å². The topological polar surface area (TPSA) is 126 Å². The molecular weight excluding hydrogens is 466 g/mol. The van der Waals surface area contributed by atoms with Crippen molar-refractivity contribution in [1.29, 1.82) is 0 Å². The fraction of sp³-hybridized carbons (Fsp3) is 0.185. The van der Waals surface area contributed by atoms with E-state index in [0.29, 0.717) is 23.2 Å². The Balaban J connectivity index is 1.30. The van der Waals surface area contributed by atoms with E-state index in [1.165, 1.54) is 0 Å². The van der Waals surface area contributed by atoms with Gasteiger partial charge in [0, 0.05) is 47.7 Å². The van der Waals surface area contributed by atoms with Gasteiger partial charge in [-0.1, -0.05) is 12.1 Å². The highest BCUT2D eigenvalue weighted by Gasteiger charge is 2.17. The Bertz CT molecular complexity index is 1540. The number of rotatable bonds is 7. The van der Waals surface area contributed by atoms with Crippen LogP contribution in [0.3, 0.4) is 0 Å². The number of anilines is 2. The van der Waals surface area contributed by atoms with Crippen molar-refractivity contribution in [1.82, 2.24) is 40.2 Å². The van der Waals surface area contributed by atoms with Crippen molar-refractivity contribution in [2.75, 3.05) is 5.32 Å². The van der Waals surface area contributed by atoms with E-state index in [9.17, 15) is 4.79 Å². The molecule has 0 aliphatic carbocycles. The molecule has 0 unspecified atom stereocenters. The van der Waals surface area contributed by atoms with Crippen LogP contribution in [0.25, 0.3) is 17.1 Å². The van der Waals surface area contributed by atoms with Gasteiger partial charge >= 0.3 is 0 Å². The maximum Gasteiger partial charge on any atom is 0.270 e. The molecule has 0 saturated heterocycles. The maximum atomic E-state index is 13.0. The number of aryl methyl sites for hydroxylation is 3. The van der Waals surface area contributed by atoms with Crippen LogP contribution in [0.15, 0.2) is 67.1 Å². The zero-order valence-electron chi connectivity index (χ0n) is 21.0. The molecule has 1 atom stereocenters. The first-order chi connectivity index (χ1) is 17.9. The number of nitrogens with one attached hydrogen (secondary N) is 3. The van der Waals surface area contributed by atoms with Crippen molar-refractivity contribution in [3.8, 4) is 17.1 Å². The third-order valence-electron chi connectivity index (χ3n) is 5.88. The number of aromatic amines is 1. The summed E-state index contributed by atoms with van der Waals surface area (Å²) in [6, 6.07) is 15.2. The van der Waals surface area contributed by atoms with Gasteiger partial charge in [0.1, 0.15) is 11.5 Å². The molecule has 0 aliphatic rings. The average Bonchev–Trinajstić information content (AvgIpc) is 3.56. The molecule has 10 heteroatoms. The van der Waals surface area contributed by atoms with Gasteiger partial charge in [0.2, 0.25) is 0 Å². The van der Waals surface area contributed by atoms with Crippen LogP contribution in [0.1, 0.15) is 46.0 Å². The lowest BCUT2D eigenvalue weighted by Gasteiger charge is -2.16. The van der Waals surface area contributed by atoms with E-state index in [1.54, 1.807) is 17.1 Å². The van der Waals surface area contributed by atoms with E-state index in [1.807, 2.05) is 82.4 Å². The standard InChI is InChI=1S/C27H27N9O/c1-16-12-21(26-30-17(2)13-23(33-26)32-24-14-18(3)34-35-24)15-28-25(16)27(37)31-19(4)20-6-8-22(9-7-20)36-11-5-10-29-36/h5-15,19H,1-4H3,(H,31,37)(H2,30,32,33,34,35)/t19-/m0/s1. The summed E-state index contributed by atoms with van der Waals surface area (Å²) in [5.74, 6) is 1.57. The average molecular weight is 494 g/mol. The van der Waals surface area contributed by atoms with Gasteiger partial charge in [-0.25, -0.2) is 14.6 Å². The van der Waals surface area contributed by atoms with Gasteiger partial charge in [0.15, 0.2) is 11.6 Å². The lowest BCUT2D eigenvalue weighted by Crippen LogP contribution is -2.28. The Hall–Kier alpha value is -4.86. The highest BCUT2D eigenvalue weighted by Crippen LogP contribution is 2.22. The number of aromatic nitrogens is 7. The fourth-order valence-electron chi connectivity index (χ4n) is 4.00. The summed E-state index contributed by atoms with van der Waals surface area (Å²) in [6.45, 7) is 7.63. The Morgan fingerprint density at radius 3 is 2.51 bits per heavy atom. The normalized spacial score (nSPS) is 11.8. The number of carbonyl (C=O) groups excluding carboxylic acids is 1. The van der Waals surface area contributed by atoms with E-state index < -0.39 is 0 Å². The highest BCUT2D eigenvalue weighted by atomic mass is 16.1. The number of carbonyl (C=O) groups is 1. The molecule has 10 nitrogen and oxygen atoms in total. The van der Waals surface area contributed by atoms with Crippen LogP contribution in [-0.4, -0.2) is 40.8 Å². The van der Waals surface area contributed by atoms with Gasteiger partial charge in [0.25, 0.3) is 5.91 Å². The summed E-state index contributed by atoms with van der Waals surface area (Å²) < 4.78 is 1.79. The molecule has 186 valence electrons. The molecular formula is C27H27N9O. The molecule has 1 amide bonds. The van der Waals surface area contributed by atoms with Gasteiger partial charge in [-0.3, -0.25) is 14.9 Å². The number of hydrogen-bond donors (Lipinski definition) is 3. The summed E-state index contributed by atoms with van der Waals surface area (Å²) in [7, 11) is 0. The molecule has 0 radical (unpaired) electrons. The Labute approximate surface area is 214 Å². The smallest absolute Gasteiger partial charge is 0.270 e. The molecule has 0 spiro atoms. The van der Waals surface area contributed by atoms with Crippen molar-refractivity contribution in [2.24, 2.45) is 0 Å². The molecule has 0 aliphatic heterocycles. The Morgan fingerprint density at radius 1 is 1.03 bits per heavy atom. The predicted octanol–water partition coefficient (Wildman–Crippen LogP) is 4.61. The molecule has 37 heavy (non-hydrogen) atoms. The minimum atomic E-state index is -0.242. The van der Waals surface area contributed by atoms with Crippen molar-refractivity contribution in [2.45, 2.75) is 33.7 Å². The number of amides is 1. The third-order valence-corrected chi connectivity index (χ3v) is 5.88. The first-order valence-corrected chi connectivity index (χ1v) is 11.9. The van der Waals surface area contributed by atoms with Crippen LogP contribution >= 0.6 is 0 Å². The van der Waals surface area contributed by atoms with Gasteiger partial charge < -0.3 is 10.6 Å². The summed E-state index contributed by atoms with van der Waals surface area (Å²) in [5, 5.41) is 17.6. The second-order valence-electron chi connectivity index (χ2n) is 8.91. The molecule has 3 N–H and O–H groups in total. The second-order valence-corrected chi connectivity index (χ2v) is 8.91. The first-order valence-electron chi connectivity index (χ1n) is 11.9. The number of nitrogens with zero attached hydrogens (tertiary/aromatic N) is 6. The zero-order valence-corrected chi connectivity index (χ0v) is 21.0. The predicted molar refractivity (Wildman–Crippen MR) is 141 cm³/mol. The maximum absolute atomic E-state index is 13.0. The zero-order chi connectivity index (χ0) is 25.9. The molecule has 0 fully saturated rings. The SMILES string of the molecule is Cc1cc(Nc2cc(C)[nH]n2)nc(-c2cnc(C(=O)N[C@@H](C)c3ccc(-n4cccn4)cc3)c(C)c2)n1. The van der Waals surface area contributed by atoms with Crippen molar-refractivity contribution < 1.29 is 4.79 Å². The van der Waals surface area contributed by atoms with E-state index in [4.69, 9.17) is 0 Å². The van der Waals surface area contributed by atoms with Crippen molar-refractivity contribution in [3.05, 3.63) is 95.3 Å². The second kappa shape index (κ2) is 10.0. The number of benzene rings is 1. The quantitative estimate of drug-likeness (QED) is 0.302. The molecule has 4 heterocycles. The summed E-state index contributed by atoms with van der Waals surface area (Å²) in [5.41, 5.74) is 5.51. The minimum absolute atomic E-state index is 0.195. The lowest BCUT2D eigenvalue weighted by molar-refractivity contribution is 0.0934. The first kappa shape index (κ1) is 23.9. The summed E-state index contributed by atoms with van der Waals surface area (Å²) in [6.07, 6.45) is 5.25. The number of H-pyrrole nitrogens is 1. The van der Waals surface area contributed by atoms with E-state index >= 15 is 0 Å². The van der Waals surface area contributed by atoms with Crippen LogP contribution < -0.4 is 10.6 Å². The lowest BCUT2D eigenvalue weighted by atomic mass is 10.1. The van der Waals surface area contributed by atoms with E-state index in [0.717, 1.165) is 33.8 Å². The van der Waals surface area contributed by atoms with Gasteiger partial charge in [0.05, 0.1) is 11.7 Å². The largest absolute Gasteiger partial charge is 0.344 e. The fourth-order valence-corrected chi connectivity index (χ4v) is 4.00. The van der Waals surface area contributed by atoms with Crippen LogP contribution in [-0.2, 0) is 0 Å². The highest BCUT2D eigenvalue weighted by molar-refractivity contribution is 5.94. The van der Waals surface area contributed by atoms with Crippen molar-refractivity contribution in [3.63, 3.8) is 0 Å². The van der Waals surface area contributed by atoms with Gasteiger partial charge in [-0.15, -0.1) is 0 Å². The number of pyridine rings is 1. The Kier molecular flexibility index (Phi) is 6.46. The molecule has 5 aromatic rings. The summed E-state index contributed by atoms with van der Waals surface area (Å²) in [4.78, 5) is 26.6. The van der Waals surface area contributed by atoms with Crippen LogP contribution in [0.5, 0.6) is 0 Å². The summed E-state index contributed by atoms with van der Waals surface area (Å²) >= 11 is 0. The van der Waals surface area contributed by atoms with Crippen LogP contribution in [0.2, 0.25) is 0 Å². The monoisotopic (exact) mass is 493 g/mol. The minimum Gasteiger partial charge on any atom is -0.344 e. The molecule has 1 aromatic carbocycles. The number of hydrogen-bond acceptors (Lipinski definition) is 7. The molecule has 5 rings (SSSR count). The third kappa shape index (κ3) is 5.37. The Morgan fingerprint density at radius 2 is 1.84 bits per heavy atom. The molecule has 0 saturated carbocycles. The molecule has 4 aromatic heterocycles. The van der Waals surface area contributed by atoms with Crippen LogP contribution in [0, 0.1) is 20.8 Å². The molecule has 0 bridgehead atoms.